The summed E-state index contributed by atoms with van der Waals surface area (Å²) in [6.45, 7) is 1.23. The predicted octanol–water partition coefficient (Wildman–Crippen LogP) is 0.358. The van der Waals surface area contributed by atoms with Gasteiger partial charge in [-0.3, -0.25) is 0 Å². The van der Waals surface area contributed by atoms with E-state index < -0.39 is 36.1 Å². The number of carboxylic acids is 1. The number of carboxylic acid groups (broad SMARTS) is 1. The topological polar surface area (TPSA) is 144 Å². The number of amides is 1. The number of aromatic hydroxyl groups is 1. The van der Waals surface area contributed by atoms with Crippen molar-refractivity contribution >= 4 is 47.4 Å². The first-order valence-electron chi connectivity index (χ1n) is 6.05. The van der Waals surface area contributed by atoms with E-state index in [0.717, 1.165) is 6.07 Å². The van der Waals surface area contributed by atoms with Gasteiger partial charge in [-0.2, -0.15) is 0 Å². The first-order chi connectivity index (χ1) is 10.6. The van der Waals surface area contributed by atoms with Gasteiger partial charge in [0.15, 0.2) is 0 Å². The number of phenols is 1. The van der Waals surface area contributed by atoms with Gasteiger partial charge in [0.2, 0.25) is 0 Å². The number of hydrogen-bond donors (Lipinski definition) is 5. The van der Waals surface area contributed by atoms with Crippen LogP contribution in [0.25, 0.3) is 0 Å². The van der Waals surface area contributed by atoms with Crippen LogP contribution in [0.1, 0.15) is 16.6 Å². The Hall–Kier alpha value is -2.06. The first-order valence-corrected chi connectivity index (χ1v) is 10.3. The third kappa shape index (κ3) is 5.91. The average Bonchev–Trinajstić information content (AvgIpc) is 2.94. The fourth-order valence-corrected chi connectivity index (χ4v) is 3.44. The van der Waals surface area contributed by atoms with Crippen LogP contribution in [0.15, 0.2) is 35.7 Å². The molecule has 0 fully saturated rings. The third-order valence-electron chi connectivity index (χ3n) is 2.37. The number of para-hydroxylation sites is 1. The third-order valence-corrected chi connectivity index (χ3v) is 5.30. The van der Waals surface area contributed by atoms with Crippen molar-refractivity contribution < 1.29 is 31.7 Å². The molecule has 10 heteroatoms. The van der Waals surface area contributed by atoms with Crippen molar-refractivity contribution in [1.82, 2.24) is 0 Å². The maximum Gasteiger partial charge on any atom is 0.345 e. The molecule has 0 unspecified atom stereocenters. The molecule has 23 heavy (non-hydrogen) atoms. The molecule has 0 aliphatic heterocycles. The zero-order chi connectivity index (χ0) is 17.6. The monoisotopic (exact) mass is 403 g/mol. The standard InChI is InChI=1S/C8H10AsNO5.C5H4O2S/c1-5(11)10-7-4-2-3-6(8(7)12)9(13,14)15;6-5(7)4-2-1-3-8-4/h2-4,12H,1H3,(H,10,11)(H2,13,14,15);1-3H,(H,6,7). The van der Waals surface area contributed by atoms with Gasteiger partial charge >= 0.3 is 94.1 Å². The van der Waals surface area contributed by atoms with Gasteiger partial charge in [-0.1, -0.05) is 6.07 Å². The fourth-order valence-electron chi connectivity index (χ4n) is 1.46. The van der Waals surface area contributed by atoms with Crippen LogP contribution < -0.4 is 9.67 Å². The van der Waals surface area contributed by atoms with Gasteiger partial charge in [0.1, 0.15) is 4.88 Å². The van der Waals surface area contributed by atoms with Crippen molar-refractivity contribution in [2.75, 3.05) is 5.32 Å². The van der Waals surface area contributed by atoms with Gasteiger partial charge in [0.25, 0.3) is 0 Å². The van der Waals surface area contributed by atoms with Crippen LogP contribution >= 0.6 is 11.3 Å². The van der Waals surface area contributed by atoms with Crippen molar-refractivity contribution in [2.45, 2.75) is 6.92 Å². The fraction of sp³-hybridized carbons (Fsp3) is 0.0769. The Morgan fingerprint density at radius 1 is 1.17 bits per heavy atom. The van der Waals surface area contributed by atoms with E-state index >= 15 is 0 Å². The van der Waals surface area contributed by atoms with Crippen molar-refractivity contribution in [2.24, 2.45) is 0 Å². The maximum absolute atomic E-state index is 11.0. The maximum atomic E-state index is 11.0. The Morgan fingerprint density at radius 2 is 1.83 bits per heavy atom. The van der Waals surface area contributed by atoms with Crippen LogP contribution in [-0.2, 0) is 8.53 Å². The van der Waals surface area contributed by atoms with E-state index in [9.17, 15) is 18.4 Å². The van der Waals surface area contributed by atoms with Crippen molar-refractivity contribution in [3.05, 3.63) is 40.6 Å². The second-order valence-electron chi connectivity index (χ2n) is 4.18. The Morgan fingerprint density at radius 3 is 2.22 bits per heavy atom. The van der Waals surface area contributed by atoms with E-state index in [-0.39, 0.29) is 5.69 Å². The molecule has 8 nitrogen and oxygen atoms in total. The number of carbonyl (C=O) groups excluding carboxylic acids is 1. The summed E-state index contributed by atoms with van der Waals surface area (Å²) in [6.07, 6.45) is 0. The number of carbonyl (C=O) groups is 2. The van der Waals surface area contributed by atoms with E-state index in [1.165, 1.54) is 30.4 Å². The average molecular weight is 403 g/mol. The molecule has 0 aliphatic carbocycles. The van der Waals surface area contributed by atoms with Gasteiger partial charge < -0.3 is 5.11 Å². The van der Waals surface area contributed by atoms with E-state index in [0.29, 0.717) is 4.88 Å². The van der Waals surface area contributed by atoms with E-state index in [1.54, 1.807) is 17.5 Å². The summed E-state index contributed by atoms with van der Waals surface area (Å²) in [4.78, 5) is 21.2. The minimum Gasteiger partial charge on any atom is -0.477 e. The molecule has 2 rings (SSSR count). The molecule has 2 aromatic rings. The van der Waals surface area contributed by atoms with E-state index in [1.807, 2.05) is 0 Å². The molecule has 124 valence electrons. The van der Waals surface area contributed by atoms with Crippen molar-refractivity contribution in [1.29, 1.82) is 0 Å². The molecule has 1 aromatic carbocycles. The molecule has 0 atom stereocenters. The summed E-state index contributed by atoms with van der Waals surface area (Å²) < 4.78 is 28.4. The summed E-state index contributed by atoms with van der Waals surface area (Å²) >= 11 is -3.92. The molecule has 1 amide bonds. The molecule has 0 spiro atoms. The van der Waals surface area contributed by atoms with Gasteiger partial charge in [-0.15, -0.1) is 11.3 Å². The smallest absolute Gasteiger partial charge is 0.345 e. The number of rotatable bonds is 3. The Labute approximate surface area is 138 Å². The van der Waals surface area contributed by atoms with Crippen LogP contribution in [-0.4, -0.2) is 44.5 Å². The first kappa shape index (κ1) is 19.0. The van der Waals surface area contributed by atoms with Crippen LogP contribution in [0.5, 0.6) is 5.75 Å². The van der Waals surface area contributed by atoms with Crippen LogP contribution in [0.4, 0.5) is 5.69 Å². The molecular weight excluding hydrogens is 389 g/mol. The number of thiophene rings is 1. The minimum atomic E-state index is -5.15. The second kappa shape index (κ2) is 7.98. The normalized spacial score (nSPS) is 10.4. The SMILES string of the molecule is CC(=O)Nc1cccc([As](=O)(O)O)c1O.O=C(O)c1cccs1. The van der Waals surface area contributed by atoms with Crippen molar-refractivity contribution in [3.63, 3.8) is 0 Å². The quantitative estimate of drug-likeness (QED) is 0.368. The largest absolute Gasteiger partial charge is 0.477 e. The zero-order valence-corrected chi connectivity index (χ0v) is 14.5. The number of hydrogen-bond acceptors (Lipinski definition) is 5. The molecule has 1 aromatic heterocycles. The summed E-state index contributed by atoms with van der Waals surface area (Å²) in [5.41, 5.74) is -0.00951. The van der Waals surface area contributed by atoms with Crippen LogP contribution in [0, 0.1) is 0 Å². The molecule has 0 bridgehead atoms. The molecule has 0 saturated heterocycles. The minimum absolute atomic E-state index is 0.00951. The number of anilines is 1. The number of benzene rings is 1. The molecule has 1 heterocycles. The molecule has 0 aliphatic rings. The summed E-state index contributed by atoms with van der Waals surface area (Å²) in [7, 11) is 0. The Kier molecular flexibility index (Phi) is 6.59. The van der Waals surface area contributed by atoms with Gasteiger partial charge in [0, 0.05) is 0 Å². The summed E-state index contributed by atoms with van der Waals surface area (Å²) in [5, 5.41) is 21.8. The number of phenolic OH excluding ortho intramolecular Hbond substituents is 1. The van der Waals surface area contributed by atoms with Gasteiger partial charge in [-0.05, 0) is 11.4 Å². The second-order valence-corrected chi connectivity index (χ2v) is 8.42. The number of aromatic carboxylic acids is 1. The predicted molar refractivity (Wildman–Crippen MR) is 84.2 cm³/mol. The summed E-state index contributed by atoms with van der Waals surface area (Å²) in [5.74, 6) is -1.86. The molecular formula is C13H14AsNO7S. The van der Waals surface area contributed by atoms with Gasteiger partial charge in [-0.25, -0.2) is 4.79 Å². The van der Waals surface area contributed by atoms with Crippen molar-refractivity contribution in [3.8, 4) is 5.75 Å². The Bertz CT molecular complexity index is 739. The number of nitrogens with one attached hydrogen (secondary N) is 1. The molecule has 5 N–H and O–H groups in total. The summed E-state index contributed by atoms with van der Waals surface area (Å²) in [6, 6.07) is 7.12. The van der Waals surface area contributed by atoms with Gasteiger partial charge in [0.05, 0.1) is 0 Å². The molecule has 0 saturated carbocycles. The Balaban J connectivity index is 0.000000277. The van der Waals surface area contributed by atoms with E-state index in [4.69, 9.17) is 13.3 Å². The van der Waals surface area contributed by atoms with E-state index in [2.05, 4.69) is 5.32 Å². The van der Waals surface area contributed by atoms with Crippen LogP contribution in [0.2, 0.25) is 0 Å². The zero-order valence-electron chi connectivity index (χ0n) is 11.8. The van der Waals surface area contributed by atoms with Crippen LogP contribution in [0.3, 0.4) is 0 Å². The molecule has 0 radical (unpaired) electrons.